The summed E-state index contributed by atoms with van der Waals surface area (Å²) in [7, 11) is 0. The third-order valence-corrected chi connectivity index (χ3v) is 6.03. The van der Waals surface area contributed by atoms with Crippen LogP contribution in [0.5, 0.6) is 0 Å². The largest absolute Gasteiger partial charge is 0.464 e. The second-order valence-electron chi connectivity index (χ2n) is 8.14. The van der Waals surface area contributed by atoms with Gasteiger partial charge in [-0.1, -0.05) is 13.8 Å². The van der Waals surface area contributed by atoms with E-state index in [1.165, 1.54) is 17.5 Å². The van der Waals surface area contributed by atoms with Gasteiger partial charge < -0.3 is 9.32 Å². The molecule has 1 saturated heterocycles. The summed E-state index contributed by atoms with van der Waals surface area (Å²) in [4.78, 5) is 17.0. The molecular weight excluding hydrogens is 338 g/mol. The first kappa shape index (κ1) is 18.1. The van der Waals surface area contributed by atoms with Gasteiger partial charge in [-0.25, -0.2) is 0 Å². The van der Waals surface area contributed by atoms with Gasteiger partial charge in [0.05, 0.1) is 18.8 Å². The van der Waals surface area contributed by atoms with Gasteiger partial charge in [0.2, 0.25) is 5.91 Å². The third-order valence-electron chi connectivity index (χ3n) is 6.03. The molecule has 27 heavy (non-hydrogen) atoms. The number of hydrogen-bond donors (Lipinski definition) is 0. The molecule has 1 atom stereocenters. The van der Waals surface area contributed by atoms with Gasteiger partial charge in [0.25, 0.3) is 0 Å². The molecule has 0 N–H and O–H groups in total. The lowest BCUT2D eigenvalue weighted by molar-refractivity contribution is -0.132. The molecule has 5 nitrogen and oxygen atoms in total. The first-order valence-corrected chi connectivity index (χ1v) is 10.00. The first-order valence-electron chi connectivity index (χ1n) is 10.00. The number of piperazine rings is 1. The molecule has 0 spiro atoms. The van der Waals surface area contributed by atoms with Crippen LogP contribution in [0.15, 0.2) is 22.8 Å². The van der Waals surface area contributed by atoms with Gasteiger partial charge in [-0.15, -0.1) is 0 Å². The summed E-state index contributed by atoms with van der Waals surface area (Å²) >= 11 is 0. The van der Waals surface area contributed by atoms with Gasteiger partial charge in [0.15, 0.2) is 0 Å². The van der Waals surface area contributed by atoms with Crippen LogP contribution < -0.4 is 0 Å². The Balaban J connectivity index is 1.42. The topological polar surface area (TPSA) is 60.5 Å². The van der Waals surface area contributed by atoms with Gasteiger partial charge in [0.1, 0.15) is 11.6 Å². The minimum Gasteiger partial charge on any atom is -0.464 e. The fourth-order valence-electron chi connectivity index (χ4n) is 4.46. The van der Waals surface area contributed by atoms with Crippen molar-refractivity contribution in [1.29, 1.82) is 5.26 Å². The summed E-state index contributed by atoms with van der Waals surface area (Å²) in [6.45, 7) is 7.06. The highest BCUT2D eigenvalue weighted by Gasteiger charge is 2.28. The zero-order valence-electron chi connectivity index (χ0n) is 16.2. The van der Waals surface area contributed by atoms with Crippen molar-refractivity contribution in [2.24, 2.45) is 5.92 Å². The second-order valence-corrected chi connectivity index (χ2v) is 8.14. The summed E-state index contributed by atoms with van der Waals surface area (Å²) in [6, 6.07) is 6.71. The third kappa shape index (κ3) is 3.46. The van der Waals surface area contributed by atoms with E-state index in [9.17, 15) is 10.1 Å². The van der Waals surface area contributed by atoms with Crippen LogP contribution in [0.2, 0.25) is 0 Å². The van der Waals surface area contributed by atoms with Gasteiger partial charge >= 0.3 is 0 Å². The Bertz CT molecular complexity index is 885. The Labute approximate surface area is 160 Å². The minimum absolute atomic E-state index is 0.0674. The summed E-state index contributed by atoms with van der Waals surface area (Å²) in [5.74, 6) is 0.451. The zero-order valence-corrected chi connectivity index (χ0v) is 16.2. The maximum Gasteiger partial charge on any atom is 0.227 e. The summed E-state index contributed by atoms with van der Waals surface area (Å²) in [5, 5.41) is 10.5. The van der Waals surface area contributed by atoms with Crippen molar-refractivity contribution in [3.8, 4) is 6.07 Å². The van der Waals surface area contributed by atoms with Crippen LogP contribution in [0.1, 0.15) is 37.0 Å². The number of furan rings is 1. The molecule has 5 heteroatoms. The SMILES string of the molecule is CC(C)C(C#N)N1CCN(C(=O)Cc2coc3cc4c(cc23)CCC4)CC1. The molecule has 142 valence electrons. The number of carbonyl (C=O) groups is 1. The van der Waals surface area contributed by atoms with Crippen LogP contribution in [0.4, 0.5) is 0 Å². The Morgan fingerprint density at radius 3 is 2.56 bits per heavy atom. The lowest BCUT2D eigenvalue weighted by Crippen LogP contribution is -2.53. The maximum absolute atomic E-state index is 12.8. The molecule has 2 heterocycles. The van der Waals surface area contributed by atoms with Gasteiger partial charge in [0, 0.05) is 37.1 Å². The van der Waals surface area contributed by atoms with Crippen molar-refractivity contribution in [3.63, 3.8) is 0 Å². The average Bonchev–Trinajstić information content (AvgIpc) is 3.27. The quantitative estimate of drug-likeness (QED) is 0.835. The molecule has 1 unspecified atom stereocenters. The van der Waals surface area contributed by atoms with E-state index in [1.54, 1.807) is 6.26 Å². The highest BCUT2D eigenvalue weighted by molar-refractivity contribution is 5.88. The normalized spacial score (nSPS) is 18.7. The molecule has 2 aromatic rings. The van der Waals surface area contributed by atoms with Crippen LogP contribution in [-0.4, -0.2) is 47.9 Å². The van der Waals surface area contributed by atoms with Crippen molar-refractivity contribution in [2.45, 2.75) is 45.6 Å². The Kier molecular flexibility index (Phi) is 4.92. The van der Waals surface area contributed by atoms with Crippen LogP contribution in [0.25, 0.3) is 11.0 Å². The average molecular weight is 365 g/mol. The molecule has 1 aliphatic carbocycles. The molecule has 1 fully saturated rings. The van der Waals surface area contributed by atoms with E-state index in [2.05, 4.69) is 36.9 Å². The molecule has 1 amide bonds. The molecular formula is C22H27N3O2. The van der Waals surface area contributed by atoms with E-state index >= 15 is 0 Å². The van der Waals surface area contributed by atoms with Crippen molar-refractivity contribution < 1.29 is 9.21 Å². The second kappa shape index (κ2) is 7.36. The Morgan fingerprint density at radius 2 is 1.89 bits per heavy atom. The molecule has 1 aromatic heterocycles. The lowest BCUT2D eigenvalue weighted by Gasteiger charge is -2.38. The Morgan fingerprint density at radius 1 is 1.19 bits per heavy atom. The predicted molar refractivity (Wildman–Crippen MR) is 104 cm³/mol. The lowest BCUT2D eigenvalue weighted by atomic mass is 10.0. The van der Waals surface area contributed by atoms with Gasteiger partial charge in [-0.2, -0.15) is 5.26 Å². The number of rotatable bonds is 4. The van der Waals surface area contributed by atoms with Crippen molar-refractivity contribution in [2.75, 3.05) is 26.2 Å². The molecule has 0 radical (unpaired) electrons. The van der Waals surface area contributed by atoms with E-state index in [0.29, 0.717) is 25.4 Å². The smallest absolute Gasteiger partial charge is 0.227 e. The number of carbonyl (C=O) groups excluding carboxylic acids is 1. The van der Waals surface area contributed by atoms with E-state index in [1.807, 2.05) is 4.90 Å². The van der Waals surface area contributed by atoms with Gasteiger partial charge in [-0.3, -0.25) is 9.69 Å². The first-order chi connectivity index (χ1) is 13.1. The molecule has 0 saturated carbocycles. The number of nitriles is 1. The van der Waals surface area contributed by atoms with Gasteiger partial charge in [-0.05, 0) is 48.4 Å². The summed E-state index contributed by atoms with van der Waals surface area (Å²) in [5.41, 5.74) is 4.69. The number of hydrogen-bond acceptors (Lipinski definition) is 4. The highest BCUT2D eigenvalue weighted by atomic mass is 16.3. The van der Waals surface area contributed by atoms with Crippen molar-refractivity contribution >= 4 is 16.9 Å². The van der Waals surface area contributed by atoms with E-state index in [-0.39, 0.29) is 11.9 Å². The fraction of sp³-hybridized carbons (Fsp3) is 0.545. The standard InChI is InChI=1S/C22H27N3O2/c1-15(2)20(13-23)24-6-8-25(9-7-24)22(26)12-18-14-27-21-11-17-5-3-4-16(17)10-19(18)21/h10-11,14-15,20H,3-9,12H2,1-2H3. The summed E-state index contributed by atoms with van der Waals surface area (Å²) in [6.07, 6.45) is 5.60. The van der Waals surface area contributed by atoms with Crippen LogP contribution in [0, 0.1) is 17.2 Å². The number of amides is 1. The maximum atomic E-state index is 12.8. The van der Waals surface area contributed by atoms with Crippen molar-refractivity contribution in [1.82, 2.24) is 9.80 Å². The molecule has 2 aliphatic rings. The molecule has 0 bridgehead atoms. The van der Waals surface area contributed by atoms with Crippen LogP contribution >= 0.6 is 0 Å². The van der Waals surface area contributed by atoms with Crippen LogP contribution in [0.3, 0.4) is 0 Å². The molecule has 1 aliphatic heterocycles. The zero-order chi connectivity index (χ0) is 19.0. The molecule has 4 rings (SSSR count). The van der Waals surface area contributed by atoms with Crippen LogP contribution in [-0.2, 0) is 24.1 Å². The monoisotopic (exact) mass is 365 g/mol. The fourth-order valence-corrected chi connectivity index (χ4v) is 4.46. The predicted octanol–water partition coefficient (Wildman–Crippen LogP) is 3.16. The summed E-state index contributed by atoms with van der Waals surface area (Å²) < 4.78 is 5.74. The van der Waals surface area contributed by atoms with E-state index in [4.69, 9.17) is 4.42 Å². The van der Waals surface area contributed by atoms with E-state index in [0.717, 1.165) is 42.5 Å². The highest BCUT2D eigenvalue weighted by Crippen LogP contribution is 2.30. The number of benzene rings is 1. The number of nitrogens with zero attached hydrogens (tertiary/aromatic N) is 3. The number of fused-ring (bicyclic) bond motifs is 2. The van der Waals surface area contributed by atoms with Crippen molar-refractivity contribution in [3.05, 3.63) is 35.1 Å². The minimum atomic E-state index is -0.0674. The number of aryl methyl sites for hydroxylation is 2. The Hall–Kier alpha value is -2.32. The van der Waals surface area contributed by atoms with E-state index < -0.39 is 0 Å². The molecule has 1 aromatic carbocycles.